The van der Waals surface area contributed by atoms with Gasteiger partial charge < -0.3 is 28.7 Å². The maximum atomic E-state index is 11.9. The van der Waals surface area contributed by atoms with Crippen molar-refractivity contribution in [2.45, 2.75) is 13.0 Å². The van der Waals surface area contributed by atoms with Gasteiger partial charge in [0.1, 0.15) is 18.1 Å². The molecule has 3 rings (SSSR count). The number of benzene rings is 1. The molecule has 1 aromatic carbocycles. The first-order valence-electron chi connectivity index (χ1n) is 7.64. The second-order valence-electron chi connectivity index (χ2n) is 5.17. The second-order valence-corrected chi connectivity index (χ2v) is 5.17. The van der Waals surface area contributed by atoms with Crippen LogP contribution in [0, 0.1) is 0 Å². The predicted octanol–water partition coefficient (Wildman–Crippen LogP) is 2.35. The third-order valence-electron chi connectivity index (χ3n) is 3.42. The Bertz CT molecular complexity index is 696. The Morgan fingerprint density at radius 3 is 2.96 bits per heavy atom. The third-order valence-corrected chi connectivity index (χ3v) is 3.42. The Kier molecular flexibility index (Phi) is 5.22. The summed E-state index contributed by atoms with van der Waals surface area (Å²) < 4.78 is 26.6. The van der Waals surface area contributed by atoms with Crippen molar-refractivity contribution >= 4 is 5.91 Å². The summed E-state index contributed by atoms with van der Waals surface area (Å²) in [5, 5.41) is 2.77. The van der Waals surface area contributed by atoms with Gasteiger partial charge in [0, 0.05) is 26.3 Å². The van der Waals surface area contributed by atoms with E-state index in [2.05, 4.69) is 5.32 Å². The normalized spacial score (nSPS) is 12.2. The summed E-state index contributed by atoms with van der Waals surface area (Å²) in [4.78, 5) is 11.9. The third kappa shape index (κ3) is 3.99. The molecular formula is C17H19NO6. The zero-order valence-corrected chi connectivity index (χ0v) is 13.4. The molecule has 1 amide bonds. The highest BCUT2D eigenvalue weighted by atomic mass is 16.7. The average Bonchev–Trinajstić information content (AvgIpc) is 3.25. The molecule has 2 aromatic rings. The fraction of sp³-hybridized carbons (Fsp3) is 0.353. The highest BCUT2D eigenvalue weighted by molar-refractivity contribution is 5.91. The van der Waals surface area contributed by atoms with Gasteiger partial charge in [-0.2, -0.15) is 0 Å². The molecule has 1 aromatic heterocycles. The molecule has 0 unspecified atom stereocenters. The van der Waals surface area contributed by atoms with Gasteiger partial charge in [-0.1, -0.05) is 0 Å². The maximum absolute atomic E-state index is 11.9. The Morgan fingerprint density at radius 1 is 1.21 bits per heavy atom. The van der Waals surface area contributed by atoms with Gasteiger partial charge >= 0.3 is 0 Å². The fourth-order valence-electron chi connectivity index (χ4n) is 2.20. The SMILES string of the molecule is COCCCNC(=O)c1ccc(COc2ccc3c(c2)OCO3)o1. The van der Waals surface area contributed by atoms with Crippen LogP contribution in [-0.4, -0.2) is 33.0 Å². The van der Waals surface area contributed by atoms with Gasteiger partial charge in [-0.25, -0.2) is 0 Å². The van der Waals surface area contributed by atoms with Crippen molar-refractivity contribution < 1.29 is 28.2 Å². The summed E-state index contributed by atoms with van der Waals surface area (Å²) in [5.74, 6) is 2.57. The summed E-state index contributed by atoms with van der Waals surface area (Å²) in [6, 6.07) is 8.69. The summed E-state index contributed by atoms with van der Waals surface area (Å²) in [6.45, 7) is 1.58. The second kappa shape index (κ2) is 7.74. The van der Waals surface area contributed by atoms with E-state index in [-0.39, 0.29) is 25.1 Å². The van der Waals surface area contributed by atoms with Gasteiger partial charge in [-0.05, 0) is 30.7 Å². The molecule has 1 N–H and O–H groups in total. The number of fused-ring (bicyclic) bond motifs is 1. The highest BCUT2D eigenvalue weighted by Gasteiger charge is 2.14. The van der Waals surface area contributed by atoms with Crippen LogP contribution in [0.5, 0.6) is 17.2 Å². The van der Waals surface area contributed by atoms with E-state index in [0.717, 1.165) is 6.42 Å². The number of carbonyl (C=O) groups is 1. The Labute approximate surface area is 139 Å². The zero-order chi connectivity index (χ0) is 16.8. The average molecular weight is 333 g/mol. The summed E-state index contributed by atoms with van der Waals surface area (Å²) in [5.41, 5.74) is 0. The van der Waals surface area contributed by atoms with Crippen LogP contribution in [0.1, 0.15) is 22.7 Å². The molecule has 0 bridgehead atoms. The molecule has 2 heterocycles. The molecule has 7 nitrogen and oxygen atoms in total. The van der Waals surface area contributed by atoms with Crippen LogP contribution in [-0.2, 0) is 11.3 Å². The number of nitrogens with one attached hydrogen (secondary N) is 1. The number of ether oxygens (including phenoxy) is 4. The Morgan fingerprint density at radius 2 is 2.08 bits per heavy atom. The van der Waals surface area contributed by atoms with Gasteiger partial charge in [0.05, 0.1) is 0 Å². The minimum atomic E-state index is -0.250. The molecule has 1 aliphatic heterocycles. The predicted molar refractivity (Wildman–Crippen MR) is 84.4 cm³/mol. The summed E-state index contributed by atoms with van der Waals surface area (Å²) in [6.07, 6.45) is 0.753. The number of methoxy groups -OCH3 is 1. The minimum Gasteiger partial charge on any atom is -0.486 e. The summed E-state index contributed by atoms with van der Waals surface area (Å²) >= 11 is 0. The lowest BCUT2D eigenvalue weighted by Gasteiger charge is -2.05. The van der Waals surface area contributed by atoms with Crippen molar-refractivity contribution in [1.29, 1.82) is 0 Å². The molecule has 0 saturated heterocycles. The molecule has 1 aliphatic rings. The van der Waals surface area contributed by atoms with Crippen LogP contribution in [0.2, 0.25) is 0 Å². The van der Waals surface area contributed by atoms with Crippen molar-refractivity contribution in [3.63, 3.8) is 0 Å². The number of rotatable bonds is 8. The molecular weight excluding hydrogens is 314 g/mol. The van der Waals surface area contributed by atoms with Crippen LogP contribution in [0.4, 0.5) is 0 Å². The molecule has 0 saturated carbocycles. The van der Waals surface area contributed by atoms with E-state index in [0.29, 0.717) is 36.2 Å². The van der Waals surface area contributed by atoms with Crippen LogP contribution < -0.4 is 19.5 Å². The lowest BCUT2D eigenvalue weighted by atomic mass is 10.3. The van der Waals surface area contributed by atoms with Crippen molar-refractivity contribution in [1.82, 2.24) is 5.32 Å². The Balaban J connectivity index is 1.50. The van der Waals surface area contributed by atoms with Crippen molar-refractivity contribution in [2.24, 2.45) is 0 Å². The number of hydrogen-bond donors (Lipinski definition) is 1. The molecule has 24 heavy (non-hydrogen) atoms. The number of carbonyl (C=O) groups excluding carboxylic acids is 1. The molecule has 0 aliphatic carbocycles. The van der Waals surface area contributed by atoms with Gasteiger partial charge in [0.25, 0.3) is 5.91 Å². The summed E-state index contributed by atoms with van der Waals surface area (Å²) in [7, 11) is 1.63. The van der Waals surface area contributed by atoms with Gasteiger partial charge in [-0.3, -0.25) is 4.79 Å². The number of furan rings is 1. The Hall–Kier alpha value is -2.67. The zero-order valence-electron chi connectivity index (χ0n) is 13.4. The molecule has 7 heteroatoms. The van der Waals surface area contributed by atoms with Crippen molar-refractivity contribution in [2.75, 3.05) is 27.1 Å². The van der Waals surface area contributed by atoms with E-state index in [1.165, 1.54) is 0 Å². The lowest BCUT2D eigenvalue weighted by Crippen LogP contribution is -2.24. The van der Waals surface area contributed by atoms with E-state index in [1.54, 1.807) is 37.4 Å². The van der Waals surface area contributed by atoms with Crippen LogP contribution in [0.15, 0.2) is 34.7 Å². The molecule has 0 fully saturated rings. The van der Waals surface area contributed by atoms with Gasteiger partial charge in [0.15, 0.2) is 17.3 Å². The molecule has 128 valence electrons. The first kappa shape index (κ1) is 16.2. The smallest absolute Gasteiger partial charge is 0.286 e. The fourth-order valence-corrected chi connectivity index (χ4v) is 2.20. The van der Waals surface area contributed by atoms with Crippen molar-refractivity contribution in [3.8, 4) is 17.2 Å². The first-order valence-corrected chi connectivity index (χ1v) is 7.64. The first-order chi connectivity index (χ1) is 11.8. The monoisotopic (exact) mass is 333 g/mol. The molecule has 0 spiro atoms. The number of hydrogen-bond acceptors (Lipinski definition) is 6. The van der Waals surface area contributed by atoms with Crippen LogP contribution in [0.3, 0.4) is 0 Å². The largest absolute Gasteiger partial charge is 0.486 e. The van der Waals surface area contributed by atoms with Crippen LogP contribution in [0.25, 0.3) is 0 Å². The highest BCUT2D eigenvalue weighted by Crippen LogP contribution is 2.35. The van der Waals surface area contributed by atoms with Crippen molar-refractivity contribution in [3.05, 3.63) is 41.9 Å². The van der Waals surface area contributed by atoms with Gasteiger partial charge in [0.2, 0.25) is 6.79 Å². The van der Waals surface area contributed by atoms with E-state index in [1.807, 2.05) is 0 Å². The quantitative estimate of drug-likeness (QED) is 0.747. The molecule has 0 atom stereocenters. The lowest BCUT2D eigenvalue weighted by molar-refractivity contribution is 0.0917. The van der Waals surface area contributed by atoms with E-state index in [4.69, 9.17) is 23.4 Å². The maximum Gasteiger partial charge on any atom is 0.286 e. The standard InChI is InChI=1S/C17H19NO6/c1-20-8-2-7-18-17(19)15-6-4-13(24-15)10-21-12-3-5-14-16(9-12)23-11-22-14/h3-6,9H,2,7-8,10-11H2,1H3,(H,18,19). The topological polar surface area (TPSA) is 79.2 Å². The van der Waals surface area contributed by atoms with E-state index < -0.39 is 0 Å². The van der Waals surface area contributed by atoms with Gasteiger partial charge in [-0.15, -0.1) is 0 Å². The van der Waals surface area contributed by atoms with Crippen LogP contribution >= 0.6 is 0 Å². The molecule has 0 radical (unpaired) electrons. The minimum absolute atomic E-state index is 0.219. The van der Waals surface area contributed by atoms with E-state index >= 15 is 0 Å². The van der Waals surface area contributed by atoms with E-state index in [9.17, 15) is 4.79 Å². The number of amides is 1.